The summed E-state index contributed by atoms with van der Waals surface area (Å²) in [6.45, 7) is 5.74. The van der Waals surface area contributed by atoms with Crippen LogP contribution in [-0.4, -0.2) is 51.1 Å². The van der Waals surface area contributed by atoms with E-state index in [-0.39, 0.29) is 10.6 Å². The second kappa shape index (κ2) is 6.68. The summed E-state index contributed by atoms with van der Waals surface area (Å²) in [5.41, 5.74) is 1.69. The first-order valence-corrected chi connectivity index (χ1v) is 8.40. The molecule has 1 fully saturated rings. The molecule has 0 amide bonds. The fraction of sp³-hybridized carbons (Fsp3) is 0.353. The molecule has 0 atom stereocenters. The average Bonchev–Trinajstić information content (AvgIpc) is 3.06. The van der Waals surface area contributed by atoms with Crippen LogP contribution in [0.2, 0.25) is 0 Å². The number of pyridine rings is 1. The molecule has 0 aliphatic carbocycles. The molecule has 1 saturated heterocycles. The molecule has 4 rings (SSSR count). The molecule has 2 aromatic heterocycles. The number of aromatic nitrogens is 3. The lowest BCUT2D eigenvalue weighted by Crippen LogP contribution is -2.46. The number of anilines is 1. The van der Waals surface area contributed by atoms with Gasteiger partial charge in [0.2, 0.25) is 5.89 Å². The zero-order chi connectivity index (χ0) is 18.1. The highest BCUT2D eigenvalue weighted by molar-refractivity contribution is 5.97. The predicted octanol–water partition coefficient (Wildman–Crippen LogP) is 2.16. The summed E-state index contributed by atoms with van der Waals surface area (Å²) in [4.78, 5) is 24.0. The molecule has 0 bridgehead atoms. The van der Waals surface area contributed by atoms with Crippen LogP contribution in [0.4, 0.5) is 11.4 Å². The molecule has 1 aliphatic heterocycles. The van der Waals surface area contributed by atoms with Crippen LogP contribution >= 0.6 is 0 Å². The third-order valence-corrected chi connectivity index (χ3v) is 4.57. The molecule has 0 saturated carbocycles. The molecule has 9 nitrogen and oxygen atoms in total. The molecular weight excluding hydrogens is 336 g/mol. The molecule has 1 aromatic carbocycles. The Kier molecular flexibility index (Phi) is 4.21. The van der Waals surface area contributed by atoms with E-state index in [4.69, 9.17) is 4.52 Å². The van der Waals surface area contributed by atoms with Crippen LogP contribution in [0, 0.1) is 17.0 Å². The highest BCUT2D eigenvalue weighted by atomic mass is 16.6. The van der Waals surface area contributed by atoms with Gasteiger partial charge in [0.25, 0.3) is 5.69 Å². The number of aryl methyl sites for hydroxylation is 1. The molecule has 0 radical (unpaired) electrons. The number of rotatable bonds is 4. The van der Waals surface area contributed by atoms with Gasteiger partial charge >= 0.3 is 0 Å². The number of hydrogen-bond donors (Lipinski definition) is 0. The topological polar surface area (TPSA) is 101 Å². The van der Waals surface area contributed by atoms with Crippen LogP contribution in [0.15, 0.2) is 35.0 Å². The van der Waals surface area contributed by atoms with Gasteiger partial charge in [0.15, 0.2) is 5.82 Å². The number of nitro benzene ring substituents is 1. The summed E-state index contributed by atoms with van der Waals surface area (Å²) in [6, 6.07) is 6.84. The number of benzene rings is 1. The third-order valence-electron chi connectivity index (χ3n) is 4.57. The van der Waals surface area contributed by atoms with E-state index >= 15 is 0 Å². The minimum absolute atomic E-state index is 0.0861. The summed E-state index contributed by atoms with van der Waals surface area (Å²) in [7, 11) is 0. The second-order valence-corrected chi connectivity index (χ2v) is 6.25. The number of non-ortho nitro benzene ring substituents is 1. The molecule has 134 valence electrons. The van der Waals surface area contributed by atoms with Crippen molar-refractivity contribution in [2.75, 3.05) is 31.1 Å². The summed E-state index contributed by atoms with van der Waals surface area (Å²) >= 11 is 0. The van der Waals surface area contributed by atoms with Crippen LogP contribution in [0.3, 0.4) is 0 Å². The highest BCUT2D eigenvalue weighted by Crippen LogP contribution is 2.32. The van der Waals surface area contributed by atoms with E-state index in [0.717, 1.165) is 31.9 Å². The van der Waals surface area contributed by atoms with Crippen LogP contribution in [-0.2, 0) is 6.54 Å². The van der Waals surface area contributed by atoms with Gasteiger partial charge < -0.3 is 9.42 Å². The van der Waals surface area contributed by atoms with Gasteiger partial charge in [-0.15, -0.1) is 0 Å². The molecule has 0 unspecified atom stereocenters. The fourth-order valence-corrected chi connectivity index (χ4v) is 3.31. The first-order valence-electron chi connectivity index (χ1n) is 8.40. The van der Waals surface area contributed by atoms with Crippen LogP contribution < -0.4 is 4.90 Å². The fourth-order valence-electron chi connectivity index (χ4n) is 3.31. The summed E-state index contributed by atoms with van der Waals surface area (Å²) in [6.07, 6.45) is 1.67. The van der Waals surface area contributed by atoms with E-state index in [1.165, 1.54) is 0 Å². The summed E-state index contributed by atoms with van der Waals surface area (Å²) in [5.74, 6) is 1.26. The van der Waals surface area contributed by atoms with Crippen molar-refractivity contribution in [2.45, 2.75) is 13.5 Å². The Morgan fingerprint density at radius 2 is 2.04 bits per heavy atom. The lowest BCUT2D eigenvalue weighted by molar-refractivity contribution is -0.383. The van der Waals surface area contributed by atoms with E-state index in [1.54, 1.807) is 37.4 Å². The quantitative estimate of drug-likeness (QED) is 0.519. The Morgan fingerprint density at radius 1 is 1.23 bits per heavy atom. The lowest BCUT2D eigenvalue weighted by atomic mass is 10.1. The zero-order valence-corrected chi connectivity index (χ0v) is 14.3. The monoisotopic (exact) mass is 354 g/mol. The van der Waals surface area contributed by atoms with Crippen molar-refractivity contribution in [3.63, 3.8) is 0 Å². The zero-order valence-electron chi connectivity index (χ0n) is 14.3. The summed E-state index contributed by atoms with van der Waals surface area (Å²) in [5, 5.41) is 15.8. The molecule has 9 heteroatoms. The Balaban J connectivity index is 1.53. The standard InChI is InChI=1S/C17H18N6O3/c1-12-19-16(20-26-12)11-21-7-9-22(10-8-21)15-5-4-14(23(24)25)13-3-2-6-18-17(13)15/h2-6H,7-11H2,1H3. The molecule has 3 aromatic rings. The summed E-state index contributed by atoms with van der Waals surface area (Å²) < 4.78 is 5.01. The highest BCUT2D eigenvalue weighted by Gasteiger charge is 2.23. The van der Waals surface area contributed by atoms with Gasteiger partial charge in [-0.2, -0.15) is 4.98 Å². The van der Waals surface area contributed by atoms with Crippen molar-refractivity contribution in [3.05, 3.63) is 52.3 Å². The van der Waals surface area contributed by atoms with Gasteiger partial charge in [-0.25, -0.2) is 0 Å². The maximum atomic E-state index is 11.3. The van der Waals surface area contributed by atoms with Gasteiger partial charge in [-0.3, -0.25) is 20.0 Å². The normalized spacial score (nSPS) is 15.5. The van der Waals surface area contributed by atoms with Crippen LogP contribution in [0.5, 0.6) is 0 Å². The van der Waals surface area contributed by atoms with E-state index in [1.807, 2.05) is 0 Å². The lowest BCUT2D eigenvalue weighted by Gasteiger charge is -2.35. The second-order valence-electron chi connectivity index (χ2n) is 6.25. The van der Waals surface area contributed by atoms with Crippen LogP contribution in [0.25, 0.3) is 10.9 Å². The van der Waals surface area contributed by atoms with Gasteiger partial charge in [0, 0.05) is 45.4 Å². The molecule has 0 spiro atoms. The molecule has 3 heterocycles. The molecule has 0 N–H and O–H groups in total. The average molecular weight is 354 g/mol. The first-order chi connectivity index (χ1) is 12.6. The van der Waals surface area contributed by atoms with Crippen molar-refractivity contribution in [3.8, 4) is 0 Å². The Bertz CT molecular complexity index is 949. The number of fused-ring (bicyclic) bond motifs is 1. The Hall–Kier alpha value is -3.07. The number of nitrogens with zero attached hydrogens (tertiary/aromatic N) is 6. The first kappa shape index (κ1) is 16.4. The number of piperazine rings is 1. The van der Waals surface area contributed by atoms with E-state index in [9.17, 15) is 10.1 Å². The maximum Gasteiger partial charge on any atom is 0.278 e. The number of nitro groups is 1. The molecular formula is C17H18N6O3. The SMILES string of the molecule is Cc1nc(CN2CCN(c3ccc([N+](=O)[O-])c4cccnc34)CC2)no1. The van der Waals surface area contributed by atoms with E-state index in [0.29, 0.717) is 29.2 Å². The van der Waals surface area contributed by atoms with Crippen LogP contribution in [0.1, 0.15) is 11.7 Å². The Labute approximate surface area is 149 Å². The van der Waals surface area contributed by atoms with E-state index in [2.05, 4.69) is 24.9 Å². The van der Waals surface area contributed by atoms with E-state index < -0.39 is 0 Å². The van der Waals surface area contributed by atoms with Crippen molar-refractivity contribution < 1.29 is 9.45 Å². The van der Waals surface area contributed by atoms with Crippen molar-refractivity contribution in [2.24, 2.45) is 0 Å². The molecule has 1 aliphatic rings. The Morgan fingerprint density at radius 3 is 2.73 bits per heavy atom. The third kappa shape index (κ3) is 3.08. The molecule has 26 heavy (non-hydrogen) atoms. The minimum atomic E-state index is -0.362. The van der Waals surface area contributed by atoms with Gasteiger partial charge in [0.1, 0.15) is 5.52 Å². The van der Waals surface area contributed by atoms with Crippen molar-refractivity contribution in [1.29, 1.82) is 0 Å². The van der Waals surface area contributed by atoms with Gasteiger partial charge in [0.05, 0.1) is 22.5 Å². The maximum absolute atomic E-state index is 11.3. The predicted molar refractivity (Wildman–Crippen MR) is 94.9 cm³/mol. The minimum Gasteiger partial charge on any atom is -0.367 e. The largest absolute Gasteiger partial charge is 0.367 e. The van der Waals surface area contributed by atoms with Gasteiger partial charge in [-0.1, -0.05) is 5.16 Å². The van der Waals surface area contributed by atoms with Crippen molar-refractivity contribution in [1.82, 2.24) is 20.0 Å². The van der Waals surface area contributed by atoms with Crippen molar-refractivity contribution >= 4 is 22.3 Å². The van der Waals surface area contributed by atoms with Gasteiger partial charge in [-0.05, 0) is 18.2 Å². The smallest absolute Gasteiger partial charge is 0.278 e. The number of hydrogen-bond acceptors (Lipinski definition) is 8.